The van der Waals surface area contributed by atoms with Crippen LogP contribution < -0.4 is 15.6 Å². The monoisotopic (exact) mass is 488 g/mol. The number of benzene rings is 1. The van der Waals surface area contributed by atoms with E-state index in [0.29, 0.717) is 42.0 Å². The minimum atomic E-state index is -0.345. The number of ether oxygens (including phenoxy) is 2. The molecule has 4 aromatic rings. The van der Waals surface area contributed by atoms with E-state index in [2.05, 4.69) is 20.3 Å². The van der Waals surface area contributed by atoms with Crippen LogP contribution in [0.3, 0.4) is 0 Å². The molecule has 0 amide bonds. The van der Waals surface area contributed by atoms with Gasteiger partial charge in [-0.1, -0.05) is 18.2 Å². The number of hydrogen-bond donors (Lipinski definition) is 2. The van der Waals surface area contributed by atoms with Crippen LogP contribution in [-0.4, -0.2) is 39.8 Å². The van der Waals surface area contributed by atoms with Crippen LogP contribution in [0.25, 0.3) is 21.9 Å². The topological polar surface area (TPSA) is 89.1 Å². The van der Waals surface area contributed by atoms with Crippen LogP contribution in [0, 0.1) is 5.82 Å². The first kappa shape index (κ1) is 23.1. The first-order valence-corrected chi connectivity index (χ1v) is 12.5. The van der Waals surface area contributed by atoms with E-state index in [0.717, 1.165) is 48.6 Å². The number of aryl methyl sites for hydroxylation is 1. The highest BCUT2D eigenvalue weighted by atomic mass is 19.1. The van der Waals surface area contributed by atoms with Crippen molar-refractivity contribution < 1.29 is 13.9 Å². The quantitative estimate of drug-likeness (QED) is 0.400. The Bertz CT molecular complexity index is 1480. The van der Waals surface area contributed by atoms with E-state index >= 15 is 0 Å². The highest BCUT2D eigenvalue weighted by Crippen LogP contribution is 2.46. The summed E-state index contributed by atoms with van der Waals surface area (Å²) in [4.78, 5) is 24.2. The number of H-pyrrole nitrogens is 1. The zero-order valence-electron chi connectivity index (χ0n) is 20.3. The van der Waals surface area contributed by atoms with Crippen LogP contribution in [-0.2, 0) is 17.7 Å². The molecule has 2 N–H and O–H groups in total. The highest BCUT2D eigenvalue weighted by Gasteiger charge is 2.49. The molecule has 1 saturated carbocycles. The van der Waals surface area contributed by atoms with Crippen LogP contribution in [0.5, 0.6) is 5.88 Å². The molecule has 0 radical (unpaired) electrons. The van der Waals surface area contributed by atoms with Gasteiger partial charge >= 0.3 is 0 Å². The second kappa shape index (κ2) is 8.94. The average Bonchev–Trinajstić information content (AvgIpc) is 2.92. The molecule has 0 unspecified atom stereocenters. The lowest BCUT2D eigenvalue weighted by Crippen LogP contribution is -2.61. The van der Waals surface area contributed by atoms with E-state index in [1.807, 2.05) is 30.3 Å². The van der Waals surface area contributed by atoms with E-state index in [9.17, 15) is 9.18 Å². The molecule has 7 rings (SSSR count). The van der Waals surface area contributed by atoms with Gasteiger partial charge in [0.05, 0.1) is 36.5 Å². The Kier molecular flexibility index (Phi) is 5.73. The number of hydrogen-bond acceptors (Lipinski definition) is 6. The Labute approximate surface area is 208 Å². The van der Waals surface area contributed by atoms with E-state index < -0.39 is 0 Å². The van der Waals surface area contributed by atoms with Gasteiger partial charge in [-0.3, -0.25) is 9.78 Å². The second-order valence-electron chi connectivity index (χ2n) is 10.1. The molecule has 3 fully saturated rings. The predicted octanol–water partition coefficient (Wildman–Crippen LogP) is 4.42. The summed E-state index contributed by atoms with van der Waals surface area (Å²) < 4.78 is 26.5. The minimum Gasteiger partial charge on any atom is -0.481 e. The number of aromatic nitrogens is 3. The number of aromatic amines is 1. The maximum atomic E-state index is 14.8. The maximum absolute atomic E-state index is 14.8. The maximum Gasteiger partial charge on any atom is 0.252 e. The smallest absolute Gasteiger partial charge is 0.252 e. The van der Waals surface area contributed by atoms with Crippen LogP contribution >= 0.6 is 0 Å². The Morgan fingerprint density at radius 2 is 2.00 bits per heavy atom. The molecule has 1 aliphatic carbocycles. The van der Waals surface area contributed by atoms with Crippen LogP contribution in [0.15, 0.2) is 53.5 Å². The third-order valence-corrected chi connectivity index (χ3v) is 8.04. The van der Waals surface area contributed by atoms with Crippen molar-refractivity contribution in [3.8, 4) is 5.88 Å². The number of nitrogens with one attached hydrogen (secondary N) is 2. The highest BCUT2D eigenvalue weighted by molar-refractivity contribution is 5.79. The van der Waals surface area contributed by atoms with Crippen LogP contribution in [0.1, 0.15) is 43.2 Å². The van der Waals surface area contributed by atoms with Crippen molar-refractivity contribution in [3.05, 3.63) is 76.0 Å². The summed E-state index contributed by atoms with van der Waals surface area (Å²) >= 11 is 0. The normalized spacial score (nSPS) is 23.4. The zero-order valence-corrected chi connectivity index (χ0v) is 20.3. The molecule has 0 spiro atoms. The van der Waals surface area contributed by atoms with Gasteiger partial charge in [0, 0.05) is 34.8 Å². The first-order valence-electron chi connectivity index (χ1n) is 12.5. The van der Waals surface area contributed by atoms with Crippen molar-refractivity contribution in [1.82, 2.24) is 20.3 Å². The van der Waals surface area contributed by atoms with Gasteiger partial charge < -0.3 is 19.8 Å². The second-order valence-corrected chi connectivity index (χ2v) is 10.1. The number of halogens is 1. The fourth-order valence-electron chi connectivity index (χ4n) is 5.70. The number of nitrogens with zero attached hydrogens (tertiary/aromatic N) is 2. The van der Waals surface area contributed by atoms with E-state index in [-0.39, 0.29) is 22.5 Å². The van der Waals surface area contributed by atoms with Gasteiger partial charge in [-0.05, 0) is 62.1 Å². The minimum absolute atomic E-state index is 0.0590. The summed E-state index contributed by atoms with van der Waals surface area (Å²) in [6.45, 7) is 1.09. The van der Waals surface area contributed by atoms with Crippen molar-refractivity contribution in [2.75, 3.05) is 13.7 Å². The molecule has 0 atom stereocenters. The largest absolute Gasteiger partial charge is 0.481 e. The fraction of sp³-hybridized carbons (Fsp3) is 0.393. The molecule has 1 aromatic carbocycles. The fourth-order valence-corrected chi connectivity index (χ4v) is 5.70. The number of fused-ring (bicyclic) bond motifs is 5. The van der Waals surface area contributed by atoms with Crippen molar-refractivity contribution in [3.63, 3.8) is 0 Å². The molecule has 2 bridgehead atoms. The molecule has 3 aliphatic rings. The molecule has 8 heteroatoms. The Hall–Kier alpha value is -3.36. The Morgan fingerprint density at radius 3 is 2.78 bits per heavy atom. The summed E-state index contributed by atoms with van der Waals surface area (Å²) in [5.74, 6) is 0.102. The first-order chi connectivity index (χ1) is 17.5. The van der Waals surface area contributed by atoms with Gasteiger partial charge in [-0.2, -0.15) is 0 Å². The van der Waals surface area contributed by atoms with Crippen molar-refractivity contribution in [1.29, 1.82) is 0 Å². The number of para-hydroxylation sites is 1. The average molecular weight is 489 g/mol. The lowest BCUT2D eigenvalue weighted by molar-refractivity contribution is -0.165. The zero-order chi connectivity index (χ0) is 24.8. The van der Waals surface area contributed by atoms with Gasteiger partial charge in [0.1, 0.15) is 5.82 Å². The lowest BCUT2D eigenvalue weighted by Gasteiger charge is -2.53. The van der Waals surface area contributed by atoms with Gasteiger partial charge in [0.25, 0.3) is 5.56 Å². The molecule has 7 nitrogen and oxygen atoms in total. The van der Waals surface area contributed by atoms with Gasteiger partial charge in [-0.25, -0.2) is 9.37 Å². The molecular weight excluding hydrogens is 459 g/mol. The Morgan fingerprint density at radius 1 is 1.17 bits per heavy atom. The van der Waals surface area contributed by atoms with E-state index in [1.165, 1.54) is 6.20 Å². The molecule has 186 valence electrons. The molecule has 2 saturated heterocycles. The van der Waals surface area contributed by atoms with E-state index in [4.69, 9.17) is 9.47 Å². The molecule has 2 aliphatic heterocycles. The van der Waals surface area contributed by atoms with Crippen molar-refractivity contribution >= 4 is 21.9 Å². The van der Waals surface area contributed by atoms with Crippen LogP contribution in [0.2, 0.25) is 0 Å². The summed E-state index contributed by atoms with van der Waals surface area (Å²) in [5, 5.41) is 4.67. The van der Waals surface area contributed by atoms with Gasteiger partial charge in [-0.15, -0.1) is 0 Å². The SMILES string of the molecule is COc1ccc2ncc(F)c(CCC34CCC(NCc5cc6ccccc6[nH]c5=O)(CC3)CO4)c2n1. The van der Waals surface area contributed by atoms with Crippen molar-refractivity contribution in [2.45, 2.75) is 56.2 Å². The number of methoxy groups -OCH3 is 1. The molecule has 5 heterocycles. The van der Waals surface area contributed by atoms with Gasteiger partial charge in [0.2, 0.25) is 5.88 Å². The predicted molar refractivity (Wildman–Crippen MR) is 136 cm³/mol. The summed E-state index contributed by atoms with van der Waals surface area (Å²) in [6.07, 6.45) is 6.25. The molecular formula is C28H29FN4O3. The standard InChI is InChI=1S/C28H29FN4O3/c1-35-24-7-6-23-25(33-24)20(21(29)16-30-23)8-9-28-12-10-27(11-13-28,17-36-28)31-15-19-14-18-4-2-3-5-22(18)32-26(19)34/h2-7,14,16,31H,8-13,15,17H2,1H3,(H,32,34). The number of pyridine rings is 3. The molecule has 36 heavy (non-hydrogen) atoms. The third-order valence-electron chi connectivity index (χ3n) is 8.04. The molecule has 3 aromatic heterocycles. The van der Waals surface area contributed by atoms with E-state index in [1.54, 1.807) is 19.2 Å². The third kappa shape index (κ3) is 4.14. The van der Waals surface area contributed by atoms with Crippen LogP contribution in [0.4, 0.5) is 4.39 Å². The lowest BCUT2D eigenvalue weighted by atomic mass is 9.69. The van der Waals surface area contributed by atoms with Crippen molar-refractivity contribution in [2.24, 2.45) is 0 Å². The Balaban J connectivity index is 1.13. The number of rotatable bonds is 7. The summed E-state index contributed by atoms with van der Waals surface area (Å²) in [6, 6.07) is 13.3. The van der Waals surface area contributed by atoms with Gasteiger partial charge in [0.15, 0.2) is 0 Å². The summed E-state index contributed by atoms with van der Waals surface area (Å²) in [7, 11) is 1.55. The summed E-state index contributed by atoms with van der Waals surface area (Å²) in [5.41, 5.74) is 2.89.